The van der Waals surface area contributed by atoms with Gasteiger partial charge in [0.2, 0.25) is 0 Å². The maximum atomic E-state index is 12.3. The molecule has 7 nitrogen and oxygen atoms in total. The number of nitrogens with one attached hydrogen (secondary N) is 1. The Kier molecular flexibility index (Phi) is 9.67. The fourth-order valence-corrected chi connectivity index (χ4v) is 4.00. The summed E-state index contributed by atoms with van der Waals surface area (Å²) < 4.78 is 71.1. The van der Waals surface area contributed by atoms with E-state index < -0.39 is 35.8 Å². The summed E-state index contributed by atoms with van der Waals surface area (Å²) in [7, 11) is -10.1. The Bertz CT molecular complexity index is 974. The van der Waals surface area contributed by atoms with Crippen LogP contribution in [0.2, 0.25) is 0 Å². The largest absolute Gasteiger partial charge is 1.00 e. The molecule has 0 aliphatic carbocycles. The van der Waals surface area contributed by atoms with Crippen molar-refractivity contribution in [1.82, 2.24) is 0 Å². The van der Waals surface area contributed by atoms with E-state index in [2.05, 4.69) is 4.72 Å². The molecule has 0 bridgehead atoms. The van der Waals surface area contributed by atoms with Gasteiger partial charge in [-0.15, -0.1) is 0 Å². The summed E-state index contributed by atoms with van der Waals surface area (Å²) in [6, 6.07) is 10.1. The van der Waals surface area contributed by atoms with Crippen LogP contribution in [0.1, 0.15) is 7.43 Å². The SMILES string of the molecule is C.CS(=O)c1cccc(S(=O)(=O)Nc2cccc(S(=O)(=O)[O-])c2)c1.[K+]. The molecule has 0 amide bonds. The molecule has 2 aromatic carbocycles. The van der Waals surface area contributed by atoms with Crippen molar-refractivity contribution in [3.63, 3.8) is 0 Å². The van der Waals surface area contributed by atoms with Gasteiger partial charge >= 0.3 is 51.4 Å². The molecule has 0 spiro atoms. The van der Waals surface area contributed by atoms with Crippen LogP contribution in [0.25, 0.3) is 0 Å². The average molecular weight is 430 g/mol. The number of rotatable bonds is 5. The molecule has 0 aromatic heterocycles. The summed E-state index contributed by atoms with van der Waals surface area (Å²) in [4.78, 5) is -0.328. The summed E-state index contributed by atoms with van der Waals surface area (Å²) in [5.74, 6) is 0. The molecule has 25 heavy (non-hydrogen) atoms. The Hall–Kier alpha value is -0.114. The quantitative estimate of drug-likeness (QED) is 0.469. The molecule has 1 N–H and O–H groups in total. The monoisotopic (exact) mass is 429 g/mol. The van der Waals surface area contributed by atoms with E-state index in [-0.39, 0.29) is 69.4 Å². The van der Waals surface area contributed by atoms with Crippen molar-refractivity contribution >= 4 is 36.6 Å². The first-order valence-corrected chi connectivity index (χ1v) is 10.6. The Morgan fingerprint density at radius 1 is 0.960 bits per heavy atom. The van der Waals surface area contributed by atoms with Crippen LogP contribution >= 0.6 is 0 Å². The molecule has 2 aromatic rings. The molecule has 2 rings (SSSR count). The first-order chi connectivity index (χ1) is 10.6. The number of benzene rings is 2. The molecule has 132 valence electrons. The van der Waals surface area contributed by atoms with Crippen LogP contribution in [0.15, 0.2) is 63.2 Å². The van der Waals surface area contributed by atoms with Gasteiger partial charge < -0.3 is 4.55 Å². The third-order valence-corrected chi connectivity index (χ3v) is 5.95. The second kappa shape index (κ2) is 9.72. The van der Waals surface area contributed by atoms with Gasteiger partial charge in [-0.3, -0.25) is 8.93 Å². The van der Waals surface area contributed by atoms with Gasteiger partial charge in [0.15, 0.2) is 0 Å². The smallest absolute Gasteiger partial charge is 0.744 e. The standard InChI is InChI=1S/C13H13NO6S3.CH4.K/c1-21(15)11-5-3-6-12(9-11)22(16,17)14-10-4-2-7-13(8-10)23(18,19)20;;/h2-9,14H,1H3,(H,18,19,20);1H4;/q;;+1/p-1. The minimum absolute atomic E-state index is 0. The zero-order valence-corrected chi connectivity index (χ0v) is 18.4. The summed E-state index contributed by atoms with van der Waals surface area (Å²) in [6.45, 7) is 0. The van der Waals surface area contributed by atoms with Gasteiger partial charge in [0.05, 0.1) is 15.5 Å². The van der Waals surface area contributed by atoms with E-state index >= 15 is 0 Å². The molecule has 0 saturated heterocycles. The third kappa shape index (κ3) is 6.84. The molecule has 1 unspecified atom stereocenters. The van der Waals surface area contributed by atoms with Crippen molar-refractivity contribution in [3.05, 3.63) is 48.5 Å². The van der Waals surface area contributed by atoms with Crippen molar-refractivity contribution in [2.75, 3.05) is 11.0 Å². The Balaban J connectivity index is 0.00000288. The van der Waals surface area contributed by atoms with Gasteiger partial charge in [0.25, 0.3) is 10.0 Å². The minimum atomic E-state index is -4.69. The Morgan fingerprint density at radius 2 is 1.52 bits per heavy atom. The van der Waals surface area contributed by atoms with Gasteiger partial charge in [0, 0.05) is 22.0 Å². The van der Waals surface area contributed by atoms with Gasteiger partial charge in [-0.2, -0.15) is 0 Å². The first kappa shape index (κ1) is 24.9. The number of sulfonamides is 1. The Labute approximate surface area is 192 Å². The van der Waals surface area contributed by atoms with E-state index in [9.17, 15) is 25.6 Å². The van der Waals surface area contributed by atoms with E-state index in [1.54, 1.807) is 0 Å². The van der Waals surface area contributed by atoms with E-state index in [0.717, 1.165) is 12.1 Å². The molecule has 0 saturated carbocycles. The molecular formula is C14H16KNO6S3. The molecule has 0 aliphatic heterocycles. The molecule has 0 radical (unpaired) electrons. The fraction of sp³-hybridized carbons (Fsp3) is 0.143. The summed E-state index contributed by atoms with van der Waals surface area (Å²) in [5, 5.41) is 0. The molecule has 0 heterocycles. The summed E-state index contributed by atoms with van der Waals surface area (Å²) >= 11 is 0. The second-order valence-corrected chi connectivity index (χ2v) is 8.96. The van der Waals surface area contributed by atoms with Crippen LogP contribution in [0.5, 0.6) is 0 Å². The van der Waals surface area contributed by atoms with Gasteiger partial charge in [-0.25, -0.2) is 16.8 Å². The zero-order valence-electron chi connectivity index (χ0n) is 12.8. The number of anilines is 1. The zero-order chi connectivity index (χ0) is 17.3. The third-order valence-electron chi connectivity index (χ3n) is 2.82. The second-order valence-electron chi connectivity index (χ2n) is 4.52. The maximum Gasteiger partial charge on any atom is 1.00 e. The van der Waals surface area contributed by atoms with Crippen molar-refractivity contribution in [1.29, 1.82) is 0 Å². The van der Waals surface area contributed by atoms with E-state index in [4.69, 9.17) is 0 Å². The number of hydrogen-bond acceptors (Lipinski definition) is 6. The predicted octanol–water partition coefficient (Wildman–Crippen LogP) is -1.23. The van der Waals surface area contributed by atoms with Crippen LogP contribution in [0, 0.1) is 0 Å². The molecule has 11 heteroatoms. The van der Waals surface area contributed by atoms with Gasteiger partial charge in [0.1, 0.15) is 10.1 Å². The maximum absolute atomic E-state index is 12.3. The van der Waals surface area contributed by atoms with Crippen LogP contribution in [0.4, 0.5) is 5.69 Å². The van der Waals surface area contributed by atoms with Crippen LogP contribution in [-0.4, -0.2) is 31.9 Å². The fourth-order valence-electron chi connectivity index (χ4n) is 1.75. The van der Waals surface area contributed by atoms with Crippen LogP contribution < -0.4 is 56.1 Å². The van der Waals surface area contributed by atoms with Crippen molar-refractivity contribution in [2.45, 2.75) is 22.1 Å². The predicted molar refractivity (Wildman–Crippen MR) is 90.7 cm³/mol. The van der Waals surface area contributed by atoms with E-state index in [1.165, 1.54) is 42.7 Å². The average Bonchev–Trinajstić information content (AvgIpc) is 2.46. The minimum Gasteiger partial charge on any atom is -0.744 e. The normalized spacial score (nSPS) is 12.4. The first-order valence-electron chi connectivity index (χ1n) is 6.12. The van der Waals surface area contributed by atoms with Crippen molar-refractivity contribution < 1.29 is 77.0 Å². The van der Waals surface area contributed by atoms with E-state index in [0.29, 0.717) is 4.90 Å². The van der Waals surface area contributed by atoms with Gasteiger partial charge in [-0.1, -0.05) is 19.6 Å². The van der Waals surface area contributed by atoms with Crippen molar-refractivity contribution in [3.8, 4) is 0 Å². The summed E-state index contributed by atoms with van der Waals surface area (Å²) in [5.41, 5.74) is -0.0649. The van der Waals surface area contributed by atoms with Crippen LogP contribution in [0.3, 0.4) is 0 Å². The van der Waals surface area contributed by atoms with Crippen LogP contribution in [-0.2, 0) is 30.9 Å². The van der Waals surface area contributed by atoms with Gasteiger partial charge in [-0.05, 0) is 36.4 Å². The van der Waals surface area contributed by atoms with Crippen molar-refractivity contribution in [2.24, 2.45) is 0 Å². The molecular weight excluding hydrogens is 413 g/mol. The molecule has 0 fully saturated rings. The summed E-state index contributed by atoms with van der Waals surface area (Å²) in [6.07, 6.45) is 1.42. The Morgan fingerprint density at radius 3 is 2.08 bits per heavy atom. The topological polar surface area (TPSA) is 120 Å². The van der Waals surface area contributed by atoms with E-state index in [1.807, 2.05) is 0 Å². The number of hydrogen-bond donors (Lipinski definition) is 1. The molecule has 1 atom stereocenters. The molecule has 0 aliphatic rings.